The van der Waals surface area contributed by atoms with E-state index >= 15 is 0 Å². The molecule has 3 N–H and O–H groups in total. The SMILES string of the molecule is CCC(CC(=N)N)N(CC)CC1CC1. The van der Waals surface area contributed by atoms with Crippen molar-refractivity contribution in [2.75, 3.05) is 13.1 Å². The van der Waals surface area contributed by atoms with Crippen molar-refractivity contribution in [3.8, 4) is 0 Å². The van der Waals surface area contributed by atoms with Crippen LogP contribution in [0.1, 0.15) is 39.5 Å². The Hall–Kier alpha value is -0.570. The van der Waals surface area contributed by atoms with Crippen LogP contribution >= 0.6 is 0 Å². The van der Waals surface area contributed by atoms with Gasteiger partial charge in [0.15, 0.2) is 0 Å². The highest BCUT2D eigenvalue weighted by Gasteiger charge is 2.26. The number of nitrogens with one attached hydrogen (secondary N) is 1. The van der Waals surface area contributed by atoms with E-state index in [0.717, 1.165) is 25.3 Å². The molecule has 0 heterocycles. The van der Waals surface area contributed by atoms with Gasteiger partial charge >= 0.3 is 0 Å². The van der Waals surface area contributed by atoms with Crippen LogP contribution in [0.15, 0.2) is 0 Å². The van der Waals surface area contributed by atoms with E-state index in [9.17, 15) is 0 Å². The Bertz CT molecular complexity index is 187. The van der Waals surface area contributed by atoms with Gasteiger partial charge in [0.1, 0.15) is 0 Å². The molecule has 0 aromatic heterocycles. The Morgan fingerprint density at radius 3 is 2.50 bits per heavy atom. The molecule has 0 saturated heterocycles. The third-order valence-corrected chi connectivity index (χ3v) is 3.04. The number of amidine groups is 1. The zero-order valence-electron chi connectivity index (χ0n) is 9.42. The van der Waals surface area contributed by atoms with Crippen molar-refractivity contribution in [1.82, 2.24) is 4.90 Å². The van der Waals surface area contributed by atoms with E-state index in [2.05, 4.69) is 18.7 Å². The van der Waals surface area contributed by atoms with Gasteiger partial charge in [-0.05, 0) is 31.7 Å². The second-order valence-electron chi connectivity index (χ2n) is 4.32. The summed E-state index contributed by atoms with van der Waals surface area (Å²) in [5, 5.41) is 7.35. The minimum absolute atomic E-state index is 0.325. The lowest BCUT2D eigenvalue weighted by Crippen LogP contribution is -2.38. The molecule has 0 aliphatic heterocycles. The predicted octanol–water partition coefficient (Wildman–Crippen LogP) is 1.82. The summed E-state index contributed by atoms with van der Waals surface area (Å²) >= 11 is 0. The molecule has 1 aliphatic carbocycles. The van der Waals surface area contributed by atoms with Crippen molar-refractivity contribution in [3.05, 3.63) is 0 Å². The third kappa shape index (κ3) is 3.66. The first-order valence-electron chi connectivity index (χ1n) is 5.74. The molecule has 3 heteroatoms. The van der Waals surface area contributed by atoms with Gasteiger partial charge in [0.05, 0.1) is 5.84 Å². The second kappa shape index (κ2) is 5.35. The van der Waals surface area contributed by atoms with Crippen molar-refractivity contribution >= 4 is 5.84 Å². The molecule has 0 radical (unpaired) electrons. The first-order chi connectivity index (χ1) is 6.67. The quantitative estimate of drug-likeness (QED) is 0.483. The molecule has 0 amide bonds. The molecule has 1 rings (SSSR count). The largest absolute Gasteiger partial charge is 0.388 e. The Kier molecular flexibility index (Phi) is 4.39. The van der Waals surface area contributed by atoms with Crippen molar-refractivity contribution in [2.24, 2.45) is 11.7 Å². The van der Waals surface area contributed by atoms with Crippen LogP contribution in [-0.4, -0.2) is 29.9 Å². The van der Waals surface area contributed by atoms with Crippen molar-refractivity contribution in [3.63, 3.8) is 0 Å². The normalized spacial score (nSPS) is 18.5. The van der Waals surface area contributed by atoms with Gasteiger partial charge in [-0.25, -0.2) is 0 Å². The average Bonchev–Trinajstić information content (AvgIpc) is 2.94. The molecule has 1 fully saturated rings. The van der Waals surface area contributed by atoms with Crippen LogP contribution in [0.5, 0.6) is 0 Å². The summed E-state index contributed by atoms with van der Waals surface area (Å²) in [6, 6.07) is 0.484. The summed E-state index contributed by atoms with van der Waals surface area (Å²) in [7, 11) is 0. The topological polar surface area (TPSA) is 53.1 Å². The fourth-order valence-electron chi connectivity index (χ4n) is 1.95. The van der Waals surface area contributed by atoms with Crippen LogP contribution < -0.4 is 5.73 Å². The molecule has 1 aliphatic rings. The third-order valence-electron chi connectivity index (χ3n) is 3.04. The molecule has 0 aromatic rings. The zero-order valence-corrected chi connectivity index (χ0v) is 9.42. The highest BCUT2D eigenvalue weighted by molar-refractivity contribution is 5.77. The van der Waals surface area contributed by atoms with E-state index in [4.69, 9.17) is 11.1 Å². The van der Waals surface area contributed by atoms with Crippen molar-refractivity contribution in [1.29, 1.82) is 5.41 Å². The van der Waals surface area contributed by atoms with Gasteiger partial charge in [-0.2, -0.15) is 0 Å². The molecule has 1 saturated carbocycles. The minimum atomic E-state index is 0.325. The molecule has 1 atom stereocenters. The maximum Gasteiger partial charge on any atom is 0.0921 e. The summed E-state index contributed by atoms with van der Waals surface area (Å²) in [5.74, 6) is 1.25. The van der Waals surface area contributed by atoms with Crippen LogP contribution in [0.4, 0.5) is 0 Å². The molecule has 0 aromatic carbocycles. The fraction of sp³-hybridized carbons (Fsp3) is 0.909. The molecule has 14 heavy (non-hydrogen) atoms. The summed E-state index contributed by atoms with van der Waals surface area (Å²) in [5.41, 5.74) is 5.46. The predicted molar refractivity (Wildman–Crippen MR) is 60.6 cm³/mol. The zero-order chi connectivity index (χ0) is 10.6. The van der Waals surface area contributed by atoms with Crippen LogP contribution in [0.25, 0.3) is 0 Å². The smallest absolute Gasteiger partial charge is 0.0921 e. The lowest BCUT2D eigenvalue weighted by atomic mass is 10.1. The first kappa shape index (κ1) is 11.5. The summed E-state index contributed by atoms with van der Waals surface area (Å²) in [6.45, 7) is 6.68. The fourth-order valence-corrected chi connectivity index (χ4v) is 1.95. The molecular weight excluding hydrogens is 174 g/mol. The van der Waals surface area contributed by atoms with E-state index in [1.54, 1.807) is 0 Å². The monoisotopic (exact) mass is 197 g/mol. The average molecular weight is 197 g/mol. The standard InChI is InChI=1S/C11H23N3/c1-3-10(7-11(12)13)14(4-2)8-9-5-6-9/h9-10H,3-8H2,1-2H3,(H3,12,13). The Labute approximate surface area is 87.2 Å². The van der Waals surface area contributed by atoms with E-state index < -0.39 is 0 Å². The van der Waals surface area contributed by atoms with Gasteiger partial charge in [0.25, 0.3) is 0 Å². The number of hydrogen-bond acceptors (Lipinski definition) is 2. The van der Waals surface area contributed by atoms with Gasteiger partial charge in [0.2, 0.25) is 0 Å². The van der Waals surface area contributed by atoms with Gasteiger partial charge in [-0.1, -0.05) is 13.8 Å². The van der Waals surface area contributed by atoms with Crippen molar-refractivity contribution in [2.45, 2.75) is 45.6 Å². The summed E-state index contributed by atoms with van der Waals surface area (Å²) < 4.78 is 0. The van der Waals surface area contributed by atoms with Gasteiger partial charge in [0, 0.05) is 19.0 Å². The van der Waals surface area contributed by atoms with Gasteiger partial charge < -0.3 is 5.73 Å². The number of nitrogens with zero attached hydrogens (tertiary/aromatic N) is 1. The van der Waals surface area contributed by atoms with E-state index in [-0.39, 0.29) is 0 Å². The maximum absolute atomic E-state index is 7.35. The molecular formula is C11H23N3. The van der Waals surface area contributed by atoms with E-state index in [1.807, 2.05) is 0 Å². The van der Waals surface area contributed by atoms with Crippen molar-refractivity contribution < 1.29 is 0 Å². The lowest BCUT2D eigenvalue weighted by molar-refractivity contribution is 0.196. The minimum Gasteiger partial charge on any atom is -0.388 e. The number of nitrogens with two attached hydrogens (primary N) is 1. The van der Waals surface area contributed by atoms with Crippen LogP contribution in [0.2, 0.25) is 0 Å². The molecule has 1 unspecified atom stereocenters. The lowest BCUT2D eigenvalue weighted by Gasteiger charge is -2.29. The first-order valence-corrected chi connectivity index (χ1v) is 5.74. The highest BCUT2D eigenvalue weighted by atomic mass is 15.2. The van der Waals surface area contributed by atoms with Gasteiger partial charge in [-0.3, -0.25) is 10.3 Å². The molecule has 0 spiro atoms. The van der Waals surface area contributed by atoms with Gasteiger partial charge in [-0.15, -0.1) is 0 Å². The summed E-state index contributed by atoms with van der Waals surface area (Å²) in [6.07, 6.45) is 4.62. The van der Waals surface area contributed by atoms with Crippen LogP contribution in [0, 0.1) is 11.3 Å². The summed E-state index contributed by atoms with van der Waals surface area (Å²) in [4.78, 5) is 2.49. The Morgan fingerprint density at radius 1 is 1.50 bits per heavy atom. The molecule has 3 nitrogen and oxygen atoms in total. The maximum atomic E-state index is 7.35. The highest BCUT2D eigenvalue weighted by Crippen LogP contribution is 2.30. The van der Waals surface area contributed by atoms with Crippen LogP contribution in [0.3, 0.4) is 0 Å². The van der Waals surface area contributed by atoms with Crippen LogP contribution in [-0.2, 0) is 0 Å². The van der Waals surface area contributed by atoms with E-state index in [1.165, 1.54) is 19.4 Å². The molecule has 82 valence electrons. The Balaban J connectivity index is 2.39. The molecule has 0 bridgehead atoms. The number of hydrogen-bond donors (Lipinski definition) is 2. The second-order valence-corrected chi connectivity index (χ2v) is 4.32. The number of rotatable bonds is 7. The Morgan fingerprint density at radius 2 is 2.14 bits per heavy atom. The van der Waals surface area contributed by atoms with E-state index in [0.29, 0.717) is 11.9 Å².